The molecule has 0 aliphatic carbocycles. The van der Waals surface area contributed by atoms with Crippen molar-refractivity contribution in [3.63, 3.8) is 0 Å². The first kappa shape index (κ1) is 11.2. The van der Waals surface area contributed by atoms with Gasteiger partial charge in [-0.3, -0.25) is 0 Å². The van der Waals surface area contributed by atoms with Crippen LogP contribution in [0.1, 0.15) is 5.56 Å². The molecule has 4 heteroatoms. The lowest BCUT2D eigenvalue weighted by Gasteiger charge is -2.02. The van der Waals surface area contributed by atoms with Crippen LogP contribution in [0.15, 0.2) is 53.2 Å². The fraction of sp³-hybridized carbons (Fsp3) is 0.125. The van der Waals surface area contributed by atoms with E-state index in [-0.39, 0.29) is 0 Å². The third kappa shape index (κ3) is 1.48. The topological polar surface area (TPSA) is 34.8 Å². The summed E-state index contributed by atoms with van der Waals surface area (Å²) in [5, 5.41) is 6.50. The van der Waals surface area contributed by atoms with Crippen LogP contribution >= 0.6 is 0 Å². The van der Waals surface area contributed by atoms with Gasteiger partial charge in [-0.2, -0.15) is 0 Å². The Morgan fingerprint density at radius 3 is 2.75 bits per heavy atom. The third-order valence-corrected chi connectivity index (χ3v) is 3.70. The van der Waals surface area contributed by atoms with Gasteiger partial charge in [0.05, 0.1) is 7.05 Å². The molecule has 0 fully saturated rings. The lowest BCUT2D eigenvalue weighted by molar-refractivity contribution is -0.688. The number of aromatic nitrogens is 3. The van der Waals surface area contributed by atoms with Gasteiger partial charge in [0.25, 0.3) is 0 Å². The van der Waals surface area contributed by atoms with E-state index in [9.17, 15) is 0 Å². The summed E-state index contributed by atoms with van der Waals surface area (Å²) in [7, 11) is 1.93. The van der Waals surface area contributed by atoms with Crippen LogP contribution in [-0.2, 0) is 7.05 Å². The van der Waals surface area contributed by atoms with Gasteiger partial charge in [-0.25, -0.2) is 0 Å². The Kier molecular flexibility index (Phi) is 2.21. The molecule has 20 heavy (non-hydrogen) atoms. The van der Waals surface area contributed by atoms with Gasteiger partial charge in [0.15, 0.2) is 11.9 Å². The minimum Gasteiger partial charge on any atom is -0.456 e. The van der Waals surface area contributed by atoms with Gasteiger partial charge in [-0.1, -0.05) is 18.2 Å². The largest absolute Gasteiger partial charge is 0.456 e. The molecule has 2 aromatic heterocycles. The van der Waals surface area contributed by atoms with Crippen molar-refractivity contribution in [2.75, 3.05) is 0 Å². The van der Waals surface area contributed by atoms with Gasteiger partial charge in [-0.05, 0) is 29.9 Å². The molecule has 0 N–H and O–H groups in total. The Morgan fingerprint density at radius 1 is 1.10 bits per heavy atom. The van der Waals surface area contributed by atoms with Crippen molar-refractivity contribution in [1.29, 1.82) is 0 Å². The van der Waals surface area contributed by atoms with E-state index in [0.717, 1.165) is 33.2 Å². The summed E-state index contributed by atoms with van der Waals surface area (Å²) in [5.41, 5.74) is 4.12. The van der Waals surface area contributed by atoms with Gasteiger partial charge in [-0.15, -0.1) is 4.68 Å². The molecule has 0 aliphatic rings. The molecule has 98 valence electrons. The van der Waals surface area contributed by atoms with Crippen molar-refractivity contribution in [2.45, 2.75) is 6.92 Å². The molecule has 0 radical (unpaired) electrons. The minimum absolute atomic E-state index is 0.925. The normalized spacial score (nSPS) is 11.5. The van der Waals surface area contributed by atoms with Crippen LogP contribution in [0, 0.1) is 6.92 Å². The molecule has 2 heterocycles. The van der Waals surface area contributed by atoms with E-state index in [0.29, 0.717) is 0 Å². The van der Waals surface area contributed by atoms with Gasteiger partial charge in [0, 0.05) is 21.4 Å². The average Bonchev–Trinajstić information content (AvgIpc) is 3.01. The van der Waals surface area contributed by atoms with Crippen LogP contribution < -0.4 is 4.68 Å². The Hall–Kier alpha value is -2.62. The van der Waals surface area contributed by atoms with E-state index in [1.807, 2.05) is 40.9 Å². The Balaban J connectivity index is 2.10. The average molecular weight is 264 g/mol. The van der Waals surface area contributed by atoms with Crippen LogP contribution in [-0.4, -0.2) is 9.90 Å². The van der Waals surface area contributed by atoms with Gasteiger partial charge >= 0.3 is 0 Å². The SMILES string of the molecule is Cc1cc2oc3ccccc3c2cc1-[n+]1ccnn1C. The van der Waals surface area contributed by atoms with Crippen molar-refractivity contribution >= 4 is 21.9 Å². The maximum Gasteiger partial charge on any atom is 0.206 e. The predicted octanol–water partition coefficient (Wildman–Crippen LogP) is 2.90. The zero-order chi connectivity index (χ0) is 13.7. The summed E-state index contributed by atoms with van der Waals surface area (Å²) in [5.74, 6) is 0. The highest BCUT2D eigenvalue weighted by Crippen LogP contribution is 2.30. The quantitative estimate of drug-likeness (QED) is 0.495. The third-order valence-electron chi connectivity index (χ3n) is 3.70. The minimum atomic E-state index is 0.925. The first-order valence-corrected chi connectivity index (χ1v) is 6.56. The van der Waals surface area contributed by atoms with Crippen LogP contribution in [0.4, 0.5) is 0 Å². The van der Waals surface area contributed by atoms with Crippen molar-refractivity contribution in [1.82, 2.24) is 9.90 Å². The molecule has 0 amide bonds. The number of rotatable bonds is 1. The first-order valence-electron chi connectivity index (χ1n) is 6.56. The molecule has 0 saturated carbocycles. The second-order valence-corrected chi connectivity index (χ2v) is 4.98. The van der Waals surface area contributed by atoms with Crippen LogP contribution in [0.5, 0.6) is 0 Å². The highest BCUT2D eigenvalue weighted by molar-refractivity contribution is 6.05. The molecule has 0 spiro atoms. The smallest absolute Gasteiger partial charge is 0.206 e. The summed E-state index contributed by atoms with van der Waals surface area (Å²) in [6.07, 6.45) is 3.74. The maximum absolute atomic E-state index is 5.90. The highest BCUT2D eigenvalue weighted by atomic mass is 16.3. The van der Waals surface area contributed by atoms with Crippen molar-refractivity contribution in [3.8, 4) is 5.69 Å². The highest BCUT2D eigenvalue weighted by Gasteiger charge is 2.15. The van der Waals surface area contributed by atoms with E-state index in [4.69, 9.17) is 4.42 Å². The number of aryl methyl sites for hydroxylation is 2. The summed E-state index contributed by atoms with van der Waals surface area (Å²) >= 11 is 0. The molecular formula is C16H14N3O+. The standard InChI is InChI=1S/C16H14N3O/c1-11-9-16-13(12-5-3-4-6-15(12)20-16)10-14(11)19-8-7-17-18(19)2/h3-10H,1-2H3/q+1. The lowest BCUT2D eigenvalue weighted by Crippen LogP contribution is -2.39. The summed E-state index contributed by atoms with van der Waals surface area (Å²) in [6, 6.07) is 12.4. The first-order chi connectivity index (χ1) is 9.74. The number of benzene rings is 2. The molecule has 4 rings (SSSR count). The summed E-state index contributed by atoms with van der Waals surface area (Å²) in [4.78, 5) is 1.82. The molecule has 4 aromatic rings. The van der Waals surface area contributed by atoms with Gasteiger partial charge in [0.1, 0.15) is 11.2 Å². The van der Waals surface area contributed by atoms with Gasteiger partial charge in [0.2, 0.25) is 6.20 Å². The second-order valence-electron chi connectivity index (χ2n) is 4.98. The number of nitrogens with zero attached hydrogens (tertiary/aromatic N) is 3. The molecule has 0 saturated heterocycles. The fourth-order valence-electron chi connectivity index (χ4n) is 2.69. The molecule has 2 aromatic carbocycles. The molecule has 0 aliphatic heterocycles. The number of hydrogen-bond acceptors (Lipinski definition) is 2. The van der Waals surface area contributed by atoms with E-state index >= 15 is 0 Å². The number of furan rings is 1. The van der Waals surface area contributed by atoms with Crippen molar-refractivity contribution in [3.05, 3.63) is 54.4 Å². The van der Waals surface area contributed by atoms with Gasteiger partial charge < -0.3 is 4.42 Å². The predicted molar refractivity (Wildman–Crippen MR) is 76.8 cm³/mol. The zero-order valence-electron chi connectivity index (χ0n) is 11.4. The fourth-order valence-corrected chi connectivity index (χ4v) is 2.69. The molecule has 0 atom stereocenters. The van der Waals surface area contributed by atoms with Crippen molar-refractivity contribution in [2.24, 2.45) is 7.05 Å². The van der Waals surface area contributed by atoms with Crippen LogP contribution in [0.3, 0.4) is 0 Å². The summed E-state index contributed by atoms with van der Waals surface area (Å²) in [6.45, 7) is 2.09. The second kappa shape index (κ2) is 3.93. The summed E-state index contributed by atoms with van der Waals surface area (Å²) < 4.78 is 7.93. The molecule has 0 bridgehead atoms. The molecular weight excluding hydrogens is 250 g/mol. The van der Waals surface area contributed by atoms with E-state index in [2.05, 4.69) is 30.2 Å². The number of para-hydroxylation sites is 1. The lowest BCUT2D eigenvalue weighted by atomic mass is 10.1. The van der Waals surface area contributed by atoms with E-state index in [1.54, 1.807) is 6.20 Å². The molecule has 4 nitrogen and oxygen atoms in total. The van der Waals surface area contributed by atoms with E-state index in [1.165, 1.54) is 0 Å². The monoisotopic (exact) mass is 264 g/mol. The van der Waals surface area contributed by atoms with E-state index < -0.39 is 0 Å². The maximum atomic E-state index is 5.90. The Morgan fingerprint density at radius 2 is 1.95 bits per heavy atom. The van der Waals surface area contributed by atoms with Crippen molar-refractivity contribution < 1.29 is 9.10 Å². The van der Waals surface area contributed by atoms with Crippen LogP contribution in [0.25, 0.3) is 27.6 Å². The molecule has 0 unspecified atom stereocenters. The number of fused-ring (bicyclic) bond motifs is 3. The Bertz CT molecular complexity index is 933. The number of hydrogen-bond donors (Lipinski definition) is 0. The van der Waals surface area contributed by atoms with Crippen LogP contribution in [0.2, 0.25) is 0 Å². The Labute approximate surface area is 115 Å². The zero-order valence-corrected chi connectivity index (χ0v) is 11.4.